The molecule has 0 radical (unpaired) electrons. The van der Waals surface area contributed by atoms with Gasteiger partial charge >= 0.3 is 0 Å². The Labute approximate surface area is 187 Å². The summed E-state index contributed by atoms with van der Waals surface area (Å²) in [6.07, 6.45) is 8.27. The molecule has 9 heteroatoms. The summed E-state index contributed by atoms with van der Waals surface area (Å²) in [5, 5.41) is 6.29. The van der Waals surface area contributed by atoms with Gasteiger partial charge in [0.2, 0.25) is 5.91 Å². The van der Waals surface area contributed by atoms with E-state index in [1.807, 2.05) is 6.92 Å². The van der Waals surface area contributed by atoms with Crippen molar-refractivity contribution in [3.63, 3.8) is 0 Å². The molecule has 9 nitrogen and oxygen atoms in total. The minimum Gasteiger partial charge on any atom is -0.488 e. The second-order valence-corrected chi connectivity index (χ2v) is 7.19. The van der Waals surface area contributed by atoms with Crippen molar-refractivity contribution < 1.29 is 14.3 Å². The zero-order valence-electron chi connectivity index (χ0n) is 18.4. The third-order valence-corrected chi connectivity index (χ3v) is 4.74. The largest absolute Gasteiger partial charge is 0.488 e. The summed E-state index contributed by atoms with van der Waals surface area (Å²) in [6.45, 7) is 9.45. The lowest BCUT2D eigenvalue weighted by Gasteiger charge is -2.23. The highest BCUT2D eigenvalue weighted by Gasteiger charge is 2.16. The second kappa shape index (κ2) is 11.7. The molecule has 0 aliphatic carbocycles. The number of ether oxygens (including phenoxy) is 2. The van der Waals surface area contributed by atoms with E-state index in [9.17, 15) is 4.79 Å². The van der Waals surface area contributed by atoms with Crippen LogP contribution in [-0.4, -0.2) is 54.2 Å². The minimum absolute atomic E-state index is 0.131. The van der Waals surface area contributed by atoms with Gasteiger partial charge in [-0.05, 0) is 58.2 Å². The van der Waals surface area contributed by atoms with E-state index >= 15 is 0 Å². The maximum atomic E-state index is 12.4. The SMILES string of the molecule is C=N/C(=N\C=C(/C)C(=O)N[C@@H]1CCCNC1)c1cncc(Oc2ncccc2OCC)c1. The summed E-state index contributed by atoms with van der Waals surface area (Å²) in [4.78, 5) is 29.1. The van der Waals surface area contributed by atoms with Crippen LogP contribution >= 0.6 is 0 Å². The van der Waals surface area contributed by atoms with E-state index in [4.69, 9.17) is 9.47 Å². The Morgan fingerprint density at radius 2 is 2.31 bits per heavy atom. The number of nitrogens with zero attached hydrogens (tertiary/aromatic N) is 4. The van der Waals surface area contributed by atoms with Crippen molar-refractivity contribution in [2.75, 3.05) is 19.7 Å². The molecule has 0 unspecified atom stereocenters. The van der Waals surface area contributed by atoms with Gasteiger partial charge in [0.15, 0.2) is 11.6 Å². The van der Waals surface area contributed by atoms with Crippen LogP contribution in [0.3, 0.4) is 0 Å². The highest BCUT2D eigenvalue weighted by atomic mass is 16.5. The number of rotatable bonds is 8. The molecular weight excluding hydrogens is 408 g/mol. The summed E-state index contributed by atoms with van der Waals surface area (Å²) in [5.41, 5.74) is 1.07. The number of aliphatic imine (C=N–C) groups is 2. The van der Waals surface area contributed by atoms with Crippen molar-refractivity contribution in [2.24, 2.45) is 9.98 Å². The third-order valence-electron chi connectivity index (χ3n) is 4.74. The summed E-state index contributed by atoms with van der Waals surface area (Å²) in [7, 11) is 0. The fourth-order valence-electron chi connectivity index (χ4n) is 3.12. The Morgan fingerprint density at radius 3 is 3.06 bits per heavy atom. The first kappa shape index (κ1) is 23.1. The molecule has 0 aromatic carbocycles. The van der Waals surface area contributed by atoms with Gasteiger partial charge in [-0.15, -0.1) is 0 Å². The Balaban J connectivity index is 1.73. The summed E-state index contributed by atoms with van der Waals surface area (Å²) in [5.74, 6) is 1.48. The molecule has 2 aromatic heterocycles. The molecule has 0 bridgehead atoms. The minimum atomic E-state index is -0.153. The number of piperidine rings is 1. The first-order valence-electron chi connectivity index (χ1n) is 10.5. The molecule has 2 aromatic rings. The normalized spacial score (nSPS) is 16.9. The number of hydrogen-bond donors (Lipinski definition) is 2. The molecule has 2 N–H and O–H groups in total. The standard InChI is InChI=1S/C23H28N6O3/c1-4-31-20-8-6-10-27-23(20)32-19-11-17(13-26-15-19)21(24-3)28-12-16(2)22(30)29-18-7-5-9-25-14-18/h6,8,10-13,15,18,25H,3-5,7,9,14H2,1-2H3,(H,29,30)/b16-12+,28-21-/t18-/m1/s1. The predicted molar refractivity (Wildman–Crippen MR) is 124 cm³/mol. The average Bonchev–Trinajstić information content (AvgIpc) is 2.82. The zero-order chi connectivity index (χ0) is 22.8. The van der Waals surface area contributed by atoms with Crippen molar-refractivity contribution in [2.45, 2.75) is 32.7 Å². The quantitative estimate of drug-likeness (QED) is 0.374. The van der Waals surface area contributed by atoms with Crippen LogP contribution in [0.4, 0.5) is 0 Å². The smallest absolute Gasteiger partial charge is 0.262 e. The van der Waals surface area contributed by atoms with Crippen LogP contribution < -0.4 is 20.1 Å². The summed E-state index contributed by atoms with van der Waals surface area (Å²) < 4.78 is 11.4. The first-order chi connectivity index (χ1) is 15.6. The molecule has 1 atom stereocenters. The zero-order valence-corrected chi connectivity index (χ0v) is 18.4. The number of hydrogen-bond acceptors (Lipinski definition) is 7. The van der Waals surface area contributed by atoms with Crippen molar-refractivity contribution >= 4 is 18.5 Å². The summed E-state index contributed by atoms with van der Waals surface area (Å²) in [6, 6.07) is 5.41. The molecule has 3 heterocycles. The Hall–Kier alpha value is -3.59. The van der Waals surface area contributed by atoms with Crippen molar-refractivity contribution in [1.82, 2.24) is 20.6 Å². The molecule has 1 aliphatic heterocycles. The molecule has 0 spiro atoms. The average molecular weight is 437 g/mol. The Bertz CT molecular complexity index is 999. The lowest BCUT2D eigenvalue weighted by atomic mass is 10.1. The van der Waals surface area contributed by atoms with E-state index in [-0.39, 0.29) is 11.9 Å². The Kier molecular flexibility index (Phi) is 8.44. The van der Waals surface area contributed by atoms with E-state index in [0.29, 0.717) is 41.0 Å². The van der Waals surface area contributed by atoms with E-state index in [2.05, 4.69) is 37.3 Å². The van der Waals surface area contributed by atoms with Gasteiger partial charge < -0.3 is 20.1 Å². The molecule has 1 amide bonds. The van der Waals surface area contributed by atoms with Gasteiger partial charge in [0.1, 0.15) is 5.75 Å². The van der Waals surface area contributed by atoms with Crippen LogP contribution in [0.1, 0.15) is 32.3 Å². The predicted octanol–water partition coefficient (Wildman–Crippen LogP) is 2.89. The number of aromatic nitrogens is 2. The van der Waals surface area contributed by atoms with Crippen molar-refractivity contribution in [3.8, 4) is 17.4 Å². The fraction of sp³-hybridized carbons (Fsp3) is 0.348. The van der Waals surface area contributed by atoms with Crippen LogP contribution in [0.2, 0.25) is 0 Å². The monoisotopic (exact) mass is 436 g/mol. The second-order valence-electron chi connectivity index (χ2n) is 7.19. The number of nitrogens with one attached hydrogen (secondary N) is 2. The number of amides is 1. The molecule has 0 saturated carbocycles. The molecule has 168 valence electrons. The number of amidine groups is 1. The first-order valence-corrected chi connectivity index (χ1v) is 10.5. The summed E-state index contributed by atoms with van der Waals surface area (Å²) >= 11 is 0. The van der Waals surface area contributed by atoms with Gasteiger partial charge in [-0.3, -0.25) is 9.78 Å². The van der Waals surface area contributed by atoms with E-state index < -0.39 is 0 Å². The van der Waals surface area contributed by atoms with Gasteiger partial charge in [-0.2, -0.15) is 0 Å². The molecule has 32 heavy (non-hydrogen) atoms. The number of carbonyl (C=O) groups is 1. The molecule has 3 rings (SSSR count). The molecular formula is C23H28N6O3. The van der Waals surface area contributed by atoms with Crippen LogP contribution in [0.15, 0.2) is 58.5 Å². The highest BCUT2D eigenvalue weighted by molar-refractivity contribution is 6.02. The molecule has 1 aliphatic rings. The van der Waals surface area contributed by atoms with Crippen LogP contribution in [-0.2, 0) is 4.79 Å². The fourth-order valence-corrected chi connectivity index (χ4v) is 3.12. The van der Waals surface area contributed by atoms with E-state index in [0.717, 1.165) is 25.9 Å². The topological polar surface area (TPSA) is 110 Å². The lowest BCUT2D eigenvalue weighted by molar-refractivity contribution is -0.118. The maximum Gasteiger partial charge on any atom is 0.262 e. The van der Waals surface area contributed by atoms with E-state index in [1.165, 1.54) is 6.20 Å². The highest BCUT2D eigenvalue weighted by Crippen LogP contribution is 2.28. The Morgan fingerprint density at radius 1 is 1.44 bits per heavy atom. The van der Waals surface area contributed by atoms with Crippen LogP contribution in [0, 0.1) is 0 Å². The van der Waals surface area contributed by atoms with Gasteiger partial charge in [0.25, 0.3) is 5.88 Å². The lowest BCUT2D eigenvalue weighted by Crippen LogP contribution is -2.45. The third kappa shape index (κ3) is 6.45. The number of carbonyl (C=O) groups excluding carboxylic acids is 1. The van der Waals surface area contributed by atoms with Crippen LogP contribution in [0.25, 0.3) is 0 Å². The van der Waals surface area contributed by atoms with E-state index in [1.54, 1.807) is 43.7 Å². The van der Waals surface area contributed by atoms with Crippen molar-refractivity contribution in [1.29, 1.82) is 0 Å². The molecule has 1 saturated heterocycles. The van der Waals surface area contributed by atoms with Gasteiger partial charge in [-0.25, -0.2) is 15.0 Å². The van der Waals surface area contributed by atoms with Gasteiger partial charge in [-0.1, -0.05) is 0 Å². The number of pyridine rings is 2. The maximum absolute atomic E-state index is 12.4. The van der Waals surface area contributed by atoms with Gasteiger partial charge in [0.05, 0.1) is 12.8 Å². The van der Waals surface area contributed by atoms with Gasteiger partial charge in [0, 0.05) is 42.3 Å². The molecule has 1 fully saturated rings. The van der Waals surface area contributed by atoms with Crippen molar-refractivity contribution in [3.05, 3.63) is 54.1 Å². The van der Waals surface area contributed by atoms with Crippen LogP contribution in [0.5, 0.6) is 17.4 Å².